The van der Waals surface area contributed by atoms with Gasteiger partial charge < -0.3 is 19.3 Å². The summed E-state index contributed by atoms with van der Waals surface area (Å²) < 4.78 is 16.9. The van der Waals surface area contributed by atoms with Gasteiger partial charge >= 0.3 is 5.97 Å². The van der Waals surface area contributed by atoms with E-state index >= 15 is 0 Å². The van der Waals surface area contributed by atoms with Crippen LogP contribution in [-0.4, -0.2) is 41.8 Å². The molecule has 26 heavy (non-hydrogen) atoms. The van der Waals surface area contributed by atoms with Crippen molar-refractivity contribution in [3.05, 3.63) is 41.8 Å². The molecule has 0 spiro atoms. The third-order valence-corrected chi connectivity index (χ3v) is 4.59. The van der Waals surface area contributed by atoms with Gasteiger partial charge in [0.25, 0.3) is 0 Å². The maximum Gasteiger partial charge on any atom is 0.311 e. The third-order valence-electron chi connectivity index (χ3n) is 3.76. The van der Waals surface area contributed by atoms with Crippen molar-refractivity contribution in [1.82, 2.24) is 0 Å². The summed E-state index contributed by atoms with van der Waals surface area (Å²) in [7, 11) is 0. The van der Waals surface area contributed by atoms with Crippen molar-refractivity contribution in [2.24, 2.45) is 5.41 Å². The Balaban J connectivity index is 1.96. The molecular weight excluding hydrogens is 352 g/mol. The summed E-state index contributed by atoms with van der Waals surface area (Å²) in [6.07, 6.45) is -0.138. The molecule has 0 radical (unpaired) electrons. The Morgan fingerprint density at radius 1 is 1.31 bits per heavy atom. The monoisotopic (exact) mass is 380 g/mol. The molecule has 6 heteroatoms. The number of carbonyl (C=O) groups excluding carboxylic acids is 1. The minimum Gasteiger partial charge on any atom is -0.462 e. The second kappa shape index (κ2) is 8.57. The number of hydrogen-bond acceptors (Lipinski definition) is 6. The van der Waals surface area contributed by atoms with Gasteiger partial charge in [0, 0.05) is 4.90 Å². The zero-order valence-electron chi connectivity index (χ0n) is 16.0. The van der Waals surface area contributed by atoms with Gasteiger partial charge in [-0.2, -0.15) is 0 Å². The highest BCUT2D eigenvalue weighted by atomic mass is 32.2. The lowest BCUT2D eigenvalue weighted by molar-refractivity contribution is -0.167. The maximum absolute atomic E-state index is 11.9. The van der Waals surface area contributed by atoms with Crippen LogP contribution in [0, 0.1) is 5.41 Å². The van der Waals surface area contributed by atoms with Gasteiger partial charge in [-0.3, -0.25) is 4.79 Å². The Kier molecular flexibility index (Phi) is 6.91. The van der Waals surface area contributed by atoms with Crippen molar-refractivity contribution in [2.45, 2.75) is 63.6 Å². The Labute approximate surface area is 159 Å². The van der Waals surface area contributed by atoms with Gasteiger partial charge in [-0.15, -0.1) is 0 Å². The Morgan fingerprint density at radius 2 is 1.96 bits per heavy atom. The number of carbonyl (C=O) groups is 1. The molecule has 0 aromatic heterocycles. The number of aliphatic hydroxyl groups excluding tert-OH is 1. The van der Waals surface area contributed by atoms with Crippen LogP contribution in [0.25, 0.3) is 0 Å². The van der Waals surface area contributed by atoms with Crippen molar-refractivity contribution >= 4 is 17.7 Å². The molecule has 0 amide bonds. The van der Waals surface area contributed by atoms with Crippen molar-refractivity contribution in [1.29, 1.82) is 0 Å². The molecule has 144 valence electrons. The van der Waals surface area contributed by atoms with Crippen LogP contribution in [0.3, 0.4) is 0 Å². The normalized spacial score (nSPS) is 23.9. The third kappa shape index (κ3) is 6.13. The minimum atomic E-state index is -0.973. The van der Waals surface area contributed by atoms with E-state index in [0.717, 1.165) is 4.90 Å². The van der Waals surface area contributed by atoms with Gasteiger partial charge in [-0.1, -0.05) is 30.0 Å². The van der Waals surface area contributed by atoms with Crippen molar-refractivity contribution in [2.75, 3.05) is 6.61 Å². The molecular formula is C20H28O5S. The number of aliphatic hydroxyl groups is 1. The van der Waals surface area contributed by atoms with Crippen molar-refractivity contribution < 1.29 is 24.1 Å². The van der Waals surface area contributed by atoms with E-state index < -0.39 is 29.5 Å². The first-order chi connectivity index (χ1) is 12.1. The SMILES string of the molecule is CC1(C)O[C@H]([C@H](O)COC(=O)C(C)(C)C)[C@H](/C=C/Sc2ccccc2)O1. The summed E-state index contributed by atoms with van der Waals surface area (Å²) in [5.41, 5.74) is -0.613. The van der Waals surface area contributed by atoms with Gasteiger partial charge in [-0.05, 0) is 58.2 Å². The van der Waals surface area contributed by atoms with Crippen LogP contribution in [-0.2, 0) is 19.0 Å². The number of hydrogen-bond donors (Lipinski definition) is 1. The fourth-order valence-electron chi connectivity index (χ4n) is 2.43. The second-order valence-corrected chi connectivity index (χ2v) is 8.72. The Bertz CT molecular complexity index is 621. The highest BCUT2D eigenvalue weighted by Gasteiger charge is 2.44. The fourth-order valence-corrected chi connectivity index (χ4v) is 3.14. The van der Waals surface area contributed by atoms with E-state index in [1.165, 1.54) is 0 Å². The lowest BCUT2D eigenvalue weighted by Gasteiger charge is -2.23. The van der Waals surface area contributed by atoms with Crippen LogP contribution < -0.4 is 0 Å². The molecule has 1 aromatic carbocycles. The van der Waals surface area contributed by atoms with Gasteiger partial charge in [0.1, 0.15) is 24.9 Å². The highest BCUT2D eigenvalue weighted by Crippen LogP contribution is 2.32. The fraction of sp³-hybridized carbons (Fsp3) is 0.550. The quantitative estimate of drug-likeness (QED) is 0.599. The molecule has 1 heterocycles. The number of esters is 1. The molecule has 1 fully saturated rings. The van der Waals surface area contributed by atoms with Crippen LogP contribution >= 0.6 is 11.8 Å². The van der Waals surface area contributed by atoms with Gasteiger partial charge in [0.2, 0.25) is 0 Å². The van der Waals surface area contributed by atoms with E-state index in [0.29, 0.717) is 0 Å². The Morgan fingerprint density at radius 3 is 2.58 bits per heavy atom. The predicted octanol–water partition coefficient (Wildman–Crippen LogP) is 3.76. The van der Waals surface area contributed by atoms with E-state index in [-0.39, 0.29) is 12.6 Å². The van der Waals surface area contributed by atoms with E-state index in [4.69, 9.17) is 14.2 Å². The summed E-state index contributed by atoms with van der Waals surface area (Å²) >= 11 is 1.56. The Hall–Kier alpha value is -1.34. The molecule has 1 saturated heterocycles. The number of ether oxygens (including phenoxy) is 3. The molecule has 2 rings (SSSR count). The molecule has 1 aliphatic rings. The van der Waals surface area contributed by atoms with Gasteiger partial charge in [0.05, 0.1) is 5.41 Å². The van der Waals surface area contributed by atoms with Crippen LogP contribution in [0.1, 0.15) is 34.6 Å². The van der Waals surface area contributed by atoms with Crippen molar-refractivity contribution in [3.8, 4) is 0 Å². The lowest BCUT2D eigenvalue weighted by Crippen LogP contribution is -2.39. The van der Waals surface area contributed by atoms with E-state index in [2.05, 4.69) is 0 Å². The first-order valence-corrected chi connectivity index (χ1v) is 9.56. The van der Waals surface area contributed by atoms with Crippen LogP contribution in [0.5, 0.6) is 0 Å². The van der Waals surface area contributed by atoms with Gasteiger partial charge in [-0.25, -0.2) is 0 Å². The first kappa shape index (κ1) is 21.0. The van der Waals surface area contributed by atoms with Gasteiger partial charge in [0.15, 0.2) is 5.79 Å². The maximum atomic E-state index is 11.9. The predicted molar refractivity (Wildman–Crippen MR) is 102 cm³/mol. The summed E-state index contributed by atoms with van der Waals surface area (Å²) in [5, 5.41) is 12.4. The first-order valence-electron chi connectivity index (χ1n) is 8.68. The molecule has 3 atom stereocenters. The average molecular weight is 381 g/mol. The standard InChI is InChI=1S/C20H28O5S/c1-19(2,3)18(22)23-13-15(21)17-16(24-20(4,5)25-17)11-12-26-14-9-7-6-8-10-14/h6-12,15-17,21H,13H2,1-5H3/b12-11+/t15-,16+,17-/m1/s1. The molecule has 1 aliphatic heterocycles. The van der Waals surface area contributed by atoms with Crippen LogP contribution in [0.2, 0.25) is 0 Å². The molecule has 0 bridgehead atoms. The summed E-state index contributed by atoms with van der Waals surface area (Å²) in [4.78, 5) is 13.0. The molecule has 0 aliphatic carbocycles. The number of benzene rings is 1. The van der Waals surface area contributed by atoms with Crippen LogP contribution in [0.15, 0.2) is 46.7 Å². The topological polar surface area (TPSA) is 65.0 Å². The average Bonchev–Trinajstić information content (AvgIpc) is 2.87. The van der Waals surface area contributed by atoms with E-state index in [1.807, 2.05) is 41.8 Å². The minimum absolute atomic E-state index is 0.129. The zero-order valence-corrected chi connectivity index (χ0v) is 16.8. The smallest absolute Gasteiger partial charge is 0.311 e. The summed E-state index contributed by atoms with van der Waals surface area (Å²) in [5.74, 6) is -1.17. The lowest BCUT2D eigenvalue weighted by atomic mass is 9.97. The molecule has 1 aromatic rings. The summed E-state index contributed by atoms with van der Waals surface area (Å²) in [6.45, 7) is 8.78. The molecule has 0 unspecified atom stereocenters. The van der Waals surface area contributed by atoms with E-state index in [1.54, 1.807) is 46.4 Å². The largest absolute Gasteiger partial charge is 0.462 e. The second-order valence-electron chi connectivity index (χ2n) is 7.74. The molecule has 0 saturated carbocycles. The van der Waals surface area contributed by atoms with E-state index in [9.17, 15) is 9.90 Å². The molecule has 1 N–H and O–H groups in total. The highest BCUT2D eigenvalue weighted by molar-refractivity contribution is 8.02. The number of rotatable bonds is 6. The summed E-state index contributed by atoms with van der Waals surface area (Å²) in [6, 6.07) is 9.96. The number of thioether (sulfide) groups is 1. The molecule has 5 nitrogen and oxygen atoms in total. The zero-order chi connectivity index (χ0) is 19.4. The van der Waals surface area contributed by atoms with Crippen LogP contribution in [0.4, 0.5) is 0 Å². The van der Waals surface area contributed by atoms with Crippen molar-refractivity contribution in [3.63, 3.8) is 0 Å².